The van der Waals surface area contributed by atoms with Gasteiger partial charge >= 0.3 is 0 Å². The first-order valence-electron chi connectivity index (χ1n) is 12.9. The Morgan fingerprint density at radius 3 is 1.75 bits per heavy atom. The zero-order chi connectivity index (χ0) is 25.7. The molecule has 0 radical (unpaired) electrons. The number of rotatable bonds is 3. The number of fused-ring (bicyclic) bond motifs is 5. The summed E-state index contributed by atoms with van der Waals surface area (Å²) >= 11 is 0. The van der Waals surface area contributed by atoms with Crippen molar-refractivity contribution < 1.29 is 5.11 Å². The SMILES string of the molecule is CCC1=C(C)C2=NC1=CC1=NC(=Cc3[nH]c(c(=CO)c3C)=CC3=NC(=C2)C(C)=C3CC)C(CC)=C1C. The van der Waals surface area contributed by atoms with Crippen molar-refractivity contribution in [2.45, 2.75) is 67.7 Å². The number of H-pyrrole nitrogens is 1. The summed E-state index contributed by atoms with van der Waals surface area (Å²) in [5.74, 6) is 0. The van der Waals surface area contributed by atoms with Gasteiger partial charge in [-0.1, -0.05) is 20.8 Å². The lowest BCUT2D eigenvalue weighted by Gasteiger charge is -2.03. The molecule has 0 saturated carbocycles. The molecule has 1 aromatic rings. The van der Waals surface area contributed by atoms with E-state index in [-0.39, 0.29) is 0 Å². The van der Waals surface area contributed by atoms with E-state index in [4.69, 9.17) is 15.0 Å². The molecule has 5 heteroatoms. The van der Waals surface area contributed by atoms with Crippen molar-refractivity contribution in [3.05, 3.63) is 84.5 Å². The quantitative estimate of drug-likeness (QED) is 0.544. The van der Waals surface area contributed by atoms with Crippen LogP contribution < -0.4 is 10.6 Å². The standard InChI is InChI=1S/C31H34N4O/c1-8-20-16(4)24-11-25-17(5)22(10-3)30(33-25)14-31-23(15-36)19(7)27(35-31)13-29-21(9-2)18(6)26(34-29)12-28(20)32-24/h11-15,35-36H,8-10H2,1-7H3. The minimum absolute atomic E-state index is 0.775. The van der Waals surface area contributed by atoms with Crippen LogP contribution in [-0.2, 0) is 0 Å². The second-order valence-electron chi connectivity index (χ2n) is 9.72. The first-order chi connectivity index (χ1) is 17.3. The summed E-state index contributed by atoms with van der Waals surface area (Å²) in [5, 5.41) is 11.7. The average Bonchev–Trinajstić information content (AvgIpc) is 3.51. The maximum absolute atomic E-state index is 10.1. The Kier molecular flexibility index (Phi) is 6.03. The smallest absolute Gasteiger partial charge is 0.0888 e. The highest BCUT2D eigenvalue weighted by molar-refractivity contribution is 6.24. The molecule has 36 heavy (non-hydrogen) atoms. The third-order valence-electron chi connectivity index (χ3n) is 7.83. The van der Waals surface area contributed by atoms with E-state index in [2.05, 4.69) is 70.8 Å². The van der Waals surface area contributed by atoms with Crippen LogP contribution in [0.2, 0.25) is 0 Å². The van der Waals surface area contributed by atoms with E-state index < -0.39 is 0 Å². The molecule has 5 nitrogen and oxygen atoms in total. The molecule has 0 amide bonds. The van der Waals surface area contributed by atoms with Gasteiger partial charge in [0.1, 0.15) is 0 Å². The summed E-state index contributed by atoms with van der Waals surface area (Å²) in [6.45, 7) is 15.0. The fourth-order valence-corrected chi connectivity index (χ4v) is 5.61. The van der Waals surface area contributed by atoms with Gasteiger partial charge in [0.15, 0.2) is 0 Å². The highest BCUT2D eigenvalue weighted by Gasteiger charge is 2.25. The number of aliphatic imine (C=N–C) groups is 3. The lowest BCUT2D eigenvalue weighted by Crippen LogP contribution is -2.25. The maximum atomic E-state index is 10.1. The van der Waals surface area contributed by atoms with E-state index in [0.717, 1.165) is 75.3 Å². The Morgan fingerprint density at radius 1 is 0.667 bits per heavy atom. The molecule has 2 N–H and O–H groups in total. The molecule has 184 valence electrons. The molecular formula is C31H34N4O. The minimum Gasteiger partial charge on any atom is -0.515 e. The summed E-state index contributed by atoms with van der Waals surface area (Å²) in [5.41, 5.74) is 15.0. The number of aliphatic hydroxyl groups is 1. The Balaban J connectivity index is 1.87. The van der Waals surface area contributed by atoms with Crippen LogP contribution in [-0.4, -0.2) is 27.2 Å². The van der Waals surface area contributed by atoms with Gasteiger partial charge in [-0.05, 0) is 110 Å². The highest BCUT2D eigenvalue weighted by Crippen LogP contribution is 2.35. The minimum atomic E-state index is 0.775. The van der Waals surface area contributed by atoms with Gasteiger partial charge in [-0.2, -0.15) is 0 Å². The third-order valence-corrected chi connectivity index (χ3v) is 7.83. The van der Waals surface area contributed by atoms with Crippen molar-refractivity contribution in [2.75, 3.05) is 0 Å². The van der Waals surface area contributed by atoms with E-state index in [9.17, 15) is 5.11 Å². The molecule has 5 rings (SSSR count). The van der Waals surface area contributed by atoms with E-state index in [1.165, 1.54) is 39.7 Å². The topological polar surface area (TPSA) is 73.1 Å². The number of aromatic nitrogens is 1. The Morgan fingerprint density at radius 2 is 1.19 bits per heavy atom. The van der Waals surface area contributed by atoms with E-state index in [1.54, 1.807) is 0 Å². The number of hydrogen-bond acceptors (Lipinski definition) is 4. The summed E-state index contributed by atoms with van der Waals surface area (Å²) in [6.07, 6.45) is 12.3. The fraction of sp³-hybridized carbons (Fsp3) is 0.323. The lowest BCUT2D eigenvalue weighted by atomic mass is 9.99. The number of nitrogens with zero attached hydrogens (tertiary/aromatic N) is 3. The van der Waals surface area contributed by atoms with E-state index in [1.807, 2.05) is 6.92 Å². The van der Waals surface area contributed by atoms with Crippen LogP contribution in [0, 0.1) is 6.92 Å². The van der Waals surface area contributed by atoms with Gasteiger partial charge in [0.2, 0.25) is 0 Å². The van der Waals surface area contributed by atoms with E-state index in [0.29, 0.717) is 0 Å². The van der Waals surface area contributed by atoms with Gasteiger partial charge in [-0.15, -0.1) is 0 Å². The second-order valence-corrected chi connectivity index (χ2v) is 9.72. The van der Waals surface area contributed by atoms with Gasteiger partial charge in [0.05, 0.1) is 45.8 Å². The predicted molar refractivity (Wildman–Crippen MR) is 152 cm³/mol. The maximum Gasteiger partial charge on any atom is 0.0888 e. The van der Waals surface area contributed by atoms with Gasteiger partial charge < -0.3 is 10.1 Å². The molecule has 0 fully saturated rings. The molecule has 5 heterocycles. The molecule has 4 aliphatic heterocycles. The molecule has 0 saturated heterocycles. The van der Waals surface area contributed by atoms with Crippen LogP contribution in [0.3, 0.4) is 0 Å². The monoisotopic (exact) mass is 478 g/mol. The van der Waals surface area contributed by atoms with Crippen molar-refractivity contribution >= 4 is 35.5 Å². The molecule has 0 unspecified atom stereocenters. The Bertz CT molecular complexity index is 1600. The second kappa shape index (κ2) is 9.05. The first-order valence-corrected chi connectivity index (χ1v) is 12.9. The summed E-state index contributed by atoms with van der Waals surface area (Å²) in [6, 6.07) is 0. The van der Waals surface area contributed by atoms with Crippen LogP contribution >= 0.6 is 0 Å². The van der Waals surface area contributed by atoms with E-state index >= 15 is 0 Å². The van der Waals surface area contributed by atoms with Crippen LogP contribution in [0.5, 0.6) is 0 Å². The number of aromatic amines is 1. The van der Waals surface area contributed by atoms with Crippen LogP contribution in [0.15, 0.2) is 77.7 Å². The van der Waals surface area contributed by atoms with Crippen molar-refractivity contribution in [1.82, 2.24) is 4.98 Å². The largest absolute Gasteiger partial charge is 0.515 e. The summed E-state index contributed by atoms with van der Waals surface area (Å²) < 4.78 is 0. The normalized spacial score (nSPS) is 19.9. The first kappa shape index (κ1) is 24.0. The number of allylic oxidation sites excluding steroid dienone is 8. The molecule has 0 aromatic carbocycles. The van der Waals surface area contributed by atoms with Crippen molar-refractivity contribution in [3.8, 4) is 0 Å². The molecular weight excluding hydrogens is 444 g/mol. The highest BCUT2D eigenvalue weighted by atomic mass is 16.2. The summed E-state index contributed by atoms with van der Waals surface area (Å²) in [7, 11) is 0. The lowest BCUT2D eigenvalue weighted by molar-refractivity contribution is 0.539. The molecule has 4 aliphatic rings. The molecule has 8 bridgehead atoms. The summed E-state index contributed by atoms with van der Waals surface area (Å²) in [4.78, 5) is 18.7. The van der Waals surface area contributed by atoms with Crippen LogP contribution in [0.1, 0.15) is 72.1 Å². The average molecular weight is 479 g/mol. The molecule has 1 aromatic heterocycles. The molecule has 0 aliphatic carbocycles. The van der Waals surface area contributed by atoms with Crippen LogP contribution in [0.4, 0.5) is 0 Å². The zero-order valence-electron chi connectivity index (χ0n) is 22.3. The van der Waals surface area contributed by atoms with Crippen LogP contribution in [0.25, 0.3) is 18.4 Å². The predicted octanol–water partition coefficient (Wildman–Crippen LogP) is 6.07. The fourth-order valence-electron chi connectivity index (χ4n) is 5.61. The van der Waals surface area contributed by atoms with Gasteiger partial charge in [0.25, 0.3) is 0 Å². The van der Waals surface area contributed by atoms with Crippen molar-refractivity contribution in [1.29, 1.82) is 0 Å². The number of hydrogen-bond donors (Lipinski definition) is 2. The zero-order valence-corrected chi connectivity index (χ0v) is 22.3. The van der Waals surface area contributed by atoms with Gasteiger partial charge in [0, 0.05) is 10.9 Å². The Hall–Kier alpha value is -3.73. The third kappa shape index (κ3) is 3.65. The number of nitrogens with one attached hydrogen (secondary N) is 1. The Labute approximate surface area is 212 Å². The van der Waals surface area contributed by atoms with Crippen molar-refractivity contribution in [3.63, 3.8) is 0 Å². The van der Waals surface area contributed by atoms with Gasteiger partial charge in [-0.3, -0.25) is 0 Å². The van der Waals surface area contributed by atoms with Gasteiger partial charge in [-0.25, -0.2) is 15.0 Å². The number of aliphatic hydroxyl groups excluding tert-OH is 1. The van der Waals surface area contributed by atoms with Crippen molar-refractivity contribution in [2.24, 2.45) is 15.0 Å². The molecule has 0 spiro atoms. The molecule has 0 atom stereocenters.